The molecule has 2 N–H and O–H groups in total. The van der Waals surface area contributed by atoms with E-state index in [1.165, 1.54) is 0 Å². The summed E-state index contributed by atoms with van der Waals surface area (Å²) in [7, 11) is 0. The number of rotatable bonds is 5. The van der Waals surface area contributed by atoms with Crippen molar-refractivity contribution in [2.45, 2.75) is 37.9 Å². The van der Waals surface area contributed by atoms with Crippen LogP contribution >= 0.6 is 0 Å². The maximum Gasteiger partial charge on any atom is 0.318 e. The Morgan fingerprint density at radius 1 is 1.50 bits per heavy atom. The van der Waals surface area contributed by atoms with Crippen LogP contribution in [0.2, 0.25) is 0 Å². The summed E-state index contributed by atoms with van der Waals surface area (Å²) in [5, 5.41) is 11.8. The van der Waals surface area contributed by atoms with Crippen molar-refractivity contribution >= 4 is 12.0 Å². The minimum Gasteiger partial charge on any atom is -0.480 e. The molecule has 0 spiro atoms. The van der Waals surface area contributed by atoms with Crippen LogP contribution in [-0.2, 0) is 9.53 Å². The van der Waals surface area contributed by atoms with E-state index in [0.29, 0.717) is 26.3 Å². The van der Waals surface area contributed by atoms with Gasteiger partial charge in [-0.3, -0.25) is 9.69 Å². The van der Waals surface area contributed by atoms with Gasteiger partial charge in [0.2, 0.25) is 0 Å². The van der Waals surface area contributed by atoms with Crippen molar-refractivity contribution in [2.24, 2.45) is 0 Å². The molecule has 7 heteroatoms. The number of nitrogens with zero attached hydrogens (tertiary/aromatic N) is 2. The SMILES string of the molecule is C#CC1COCCN1C(=O)NC1CC(N(CC)CC(=O)O)C1. The number of hydrogen-bond acceptors (Lipinski definition) is 4. The van der Waals surface area contributed by atoms with E-state index in [-0.39, 0.29) is 30.7 Å². The van der Waals surface area contributed by atoms with Gasteiger partial charge < -0.3 is 20.1 Å². The normalized spacial score (nSPS) is 27.9. The number of carbonyl (C=O) groups is 2. The first kappa shape index (κ1) is 16.6. The molecule has 0 aromatic rings. The molecule has 1 aliphatic carbocycles. The van der Waals surface area contributed by atoms with Gasteiger partial charge >= 0.3 is 12.0 Å². The van der Waals surface area contributed by atoms with Gasteiger partial charge in [-0.05, 0) is 19.4 Å². The van der Waals surface area contributed by atoms with Gasteiger partial charge in [0.05, 0.1) is 19.8 Å². The number of urea groups is 1. The summed E-state index contributed by atoms with van der Waals surface area (Å²) < 4.78 is 5.27. The van der Waals surface area contributed by atoms with E-state index in [1.807, 2.05) is 11.8 Å². The largest absolute Gasteiger partial charge is 0.480 e. The highest BCUT2D eigenvalue weighted by atomic mass is 16.5. The fourth-order valence-corrected chi connectivity index (χ4v) is 2.92. The number of terminal acetylenes is 1. The average molecular weight is 309 g/mol. The molecule has 2 rings (SSSR count). The van der Waals surface area contributed by atoms with E-state index in [2.05, 4.69) is 11.2 Å². The second-order valence-corrected chi connectivity index (χ2v) is 5.68. The molecule has 1 unspecified atom stereocenters. The summed E-state index contributed by atoms with van der Waals surface area (Å²) in [5.74, 6) is 1.75. The first-order valence-electron chi connectivity index (χ1n) is 7.62. The summed E-state index contributed by atoms with van der Waals surface area (Å²) in [6.45, 7) is 4.06. The van der Waals surface area contributed by atoms with E-state index < -0.39 is 5.97 Å². The van der Waals surface area contributed by atoms with Crippen molar-refractivity contribution in [3.05, 3.63) is 0 Å². The highest BCUT2D eigenvalue weighted by Gasteiger charge is 2.36. The van der Waals surface area contributed by atoms with Crippen molar-refractivity contribution < 1.29 is 19.4 Å². The average Bonchev–Trinajstić information content (AvgIpc) is 2.48. The number of morpholine rings is 1. The first-order chi connectivity index (χ1) is 10.5. The summed E-state index contributed by atoms with van der Waals surface area (Å²) in [6, 6.07) is -0.166. The standard InChI is InChI=1S/C15H23N3O4/c1-3-12-10-22-6-5-18(12)15(21)16-11-7-13(8-11)17(4-2)9-14(19)20/h1,11-13H,4-10H2,2H3,(H,16,21)(H,19,20). The Kier molecular flexibility index (Phi) is 5.63. The molecule has 1 atom stereocenters. The Morgan fingerprint density at radius 3 is 2.82 bits per heavy atom. The van der Waals surface area contributed by atoms with E-state index in [0.717, 1.165) is 12.8 Å². The lowest BCUT2D eigenvalue weighted by molar-refractivity contribution is -0.139. The van der Waals surface area contributed by atoms with E-state index in [9.17, 15) is 9.59 Å². The molecule has 1 aliphatic heterocycles. The lowest BCUT2D eigenvalue weighted by Gasteiger charge is -2.43. The topological polar surface area (TPSA) is 82.1 Å². The molecule has 0 aromatic carbocycles. The van der Waals surface area contributed by atoms with Crippen LogP contribution in [0, 0.1) is 12.3 Å². The van der Waals surface area contributed by atoms with Gasteiger partial charge in [0.15, 0.2) is 0 Å². The minimum atomic E-state index is -0.820. The Bertz CT molecular complexity index is 456. The summed E-state index contributed by atoms with van der Waals surface area (Å²) in [6.07, 6.45) is 6.97. The lowest BCUT2D eigenvalue weighted by Crippen LogP contribution is -2.59. The Hall–Kier alpha value is -1.78. The molecule has 1 saturated carbocycles. The van der Waals surface area contributed by atoms with Crippen molar-refractivity contribution in [1.82, 2.24) is 15.1 Å². The number of likely N-dealkylation sites (N-methyl/N-ethyl adjacent to an activating group) is 1. The van der Waals surface area contributed by atoms with Crippen LogP contribution in [0.1, 0.15) is 19.8 Å². The molecular weight excluding hydrogens is 286 g/mol. The molecular formula is C15H23N3O4. The Labute approximate surface area is 130 Å². The zero-order valence-electron chi connectivity index (χ0n) is 12.8. The zero-order chi connectivity index (χ0) is 16.1. The van der Waals surface area contributed by atoms with Gasteiger partial charge in [-0.1, -0.05) is 12.8 Å². The van der Waals surface area contributed by atoms with E-state index in [1.54, 1.807) is 4.90 Å². The van der Waals surface area contributed by atoms with Gasteiger partial charge in [0.1, 0.15) is 6.04 Å². The predicted molar refractivity (Wildman–Crippen MR) is 80.4 cm³/mol. The van der Waals surface area contributed by atoms with Gasteiger partial charge in [0.25, 0.3) is 0 Å². The molecule has 0 bridgehead atoms. The number of hydrogen-bond donors (Lipinski definition) is 2. The number of carbonyl (C=O) groups excluding carboxylic acids is 1. The van der Waals surface area contributed by atoms with Gasteiger partial charge in [-0.25, -0.2) is 4.79 Å². The highest BCUT2D eigenvalue weighted by molar-refractivity contribution is 5.75. The maximum absolute atomic E-state index is 12.3. The van der Waals surface area contributed by atoms with Crippen molar-refractivity contribution in [3.8, 4) is 12.3 Å². The highest BCUT2D eigenvalue weighted by Crippen LogP contribution is 2.26. The van der Waals surface area contributed by atoms with Gasteiger partial charge in [0, 0.05) is 18.6 Å². The van der Waals surface area contributed by atoms with Crippen LogP contribution in [0.3, 0.4) is 0 Å². The molecule has 1 saturated heterocycles. The number of carboxylic acid groups (broad SMARTS) is 1. The zero-order valence-corrected chi connectivity index (χ0v) is 12.8. The van der Waals surface area contributed by atoms with Crippen molar-refractivity contribution in [2.75, 3.05) is 32.8 Å². The third-order valence-corrected chi connectivity index (χ3v) is 4.28. The third-order valence-electron chi connectivity index (χ3n) is 4.28. The van der Waals surface area contributed by atoms with Gasteiger partial charge in [-0.2, -0.15) is 0 Å². The maximum atomic E-state index is 12.3. The monoisotopic (exact) mass is 309 g/mol. The second-order valence-electron chi connectivity index (χ2n) is 5.68. The minimum absolute atomic E-state index is 0.0461. The fourth-order valence-electron chi connectivity index (χ4n) is 2.92. The molecule has 2 aliphatic rings. The van der Waals surface area contributed by atoms with Crippen LogP contribution in [0.25, 0.3) is 0 Å². The number of carboxylic acids is 1. The molecule has 122 valence electrons. The second kappa shape index (κ2) is 7.47. The van der Waals surface area contributed by atoms with Crippen LogP contribution in [0.4, 0.5) is 4.79 Å². The van der Waals surface area contributed by atoms with Crippen LogP contribution in [0.15, 0.2) is 0 Å². The molecule has 7 nitrogen and oxygen atoms in total. The summed E-state index contributed by atoms with van der Waals surface area (Å²) in [5.41, 5.74) is 0. The third kappa shape index (κ3) is 3.90. The van der Waals surface area contributed by atoms with Crippen LogP contribution < -0.4 is 5.32 Å². The van der Waals surface area contributed by atoms with Crippen molar-refractivity contribution in [3.63, 3.8) is 0 Å². The Balaban J connectivity index is 1.78. The molecule has 22 heavy (non-hydrogen) atoms. The smallest absolute Gasteiger partial charge is 0.318 e. The van der Waals surface area contributed by atoms with E-state index in [4.69, 9.17) is 16.3 Å². The van der Waals surface area contributed by atoms with Crippen molar-refractivity contribution in [1.29, 1.82) is 0 Å². The molecule has 2 fully saturated rings. The number of aliphatic carboxylic acids is 1. The van der Waals surface area contributed by atoms with Crippen LogP contribution in [0.5, 0.6) is 0 Å². The molecule has 1 heterocycles. The molecule has 2 amide bonds. The quantitative estimate of drug-likeness (QED) is 0.697. The fraction of sp³-hybridized carbons (Fsp3) is 0.733. The predicted octanol–water partition coefficient (Wildman–Crippen LogP) is -0.0325. The van der Waals surface area contributed by atoms with Crippen LogP contribution in [-0.4, -0.2) is 77.9 Å². The first-order valence-corrected chi connectivity index (χ1v) is 7.62. The number of ether oxygens (including phenoxy) is 1. The lowest BCUT2D eigenvalue weighted by atomic mass is 9.85. The van der Waals surface area contributed by atoms with Gasteiger partial charge in [-0.15, -0.1) is 6.42 Å². The summed E-state index contributed by atoms with van der Waals surface area (Å²) >= 11 is 0. The number of nitrogens with one attached hydrogen (secondary N) is 1. The molecule has 0 aromatic heterocycles. The Morgan fingerprint density at radius 2 is 2.23 bits per heavy atom. The summed E-state index contributed by atoms with van der Waals surface area (Å²) in [4.78, 5) is 26.6. The van der Waals surface area contributed by atoms with E-state index >= 15 is 0 Å². The number of amides is 2. The molecule has 0 radical (unpaired) electrons.